The van der Waals surface area contributed by atoms with E-state index in [-0.39, 0.29) is 11.6 Å². The zero-order valence-electron chi connectivity index (χ0n) is 8.84. The average molecular weight is 216 g/mol. The number of hydrogen-bond donors (Lipinski definition) is 2. The predicted molar refractivity (Wildman–Crippen MR) is 61.3 cm³/mol. The van der Waals surface area contributed by atoms with E-state index in [0.29, 0.717) is 16.5 Å². The highest BCUT2D eigenvalue weighted by atomic mass is 16.4. The zero-order chi connectivity index (χ0) is 11.7. The van der Waals surface area contributed by atoms with Gasteiger partial charge in [0.2, 0.25) is 0 Å². The lowest BCUT2D eigenvalue weighted by molar-refractivity contribution is 0.0697. The smallest absolute Gasteiger partial charge is 0.336 e. The lowest BCUT2D eigenvalue weighted by Gasteiger charge is -2.11. The highest BCUT2D eigenvalue weighted by molar-refractivity contribution is 6.03. The molecule has 0 spiro atoms. The molecule has 3 N–H and O–H groups in total. The van der Waals surface area contributed by atoms with Gasteiger partial charge in [0.05, 0.1) is 11.1 Å². The number of benzene rings is 1. The minimum atomic E-state index is -0.967. The minimum Gasteiger partial charge on any atom is -0.478 e. The Balaban J connectivity index is 2.84. The van der Waals surface area contributed by atoms with Gasteiger partial charge in [-0.3, -0.25) is 4.98 Å². The van der Waals surface area contributed by atoms with E-state index in [2.05, 4.69) is 4.98 Å². The van der Waals surface area contributed by atoms with Crippen LogP contribution in [0, 0.1) is 0 Å². The molecular weight excluding hydrogens is 204 g/mol. The van der Waals surface area contributed by atoms with Crippen LogP contribution in [0.3, 0.4) is 0 Å². The molecule has 0 aliphatic rings. The molecule has 0 saturated carbocycles. The highest BCUT2D eigenvalue weighted by Gasteiger charge is 2.17. The minimum absolute atomic E-state index is 0.251. The Labute approximate surface area is 92.7 Å². The summed E-state index contributed by atoms with van der Waals surface area (Å²) in [7, 11) is 0. The summed E-state index contributed by atoms with van der Waals surface area (Å²) in [5, 5.41) is 9.86. The Kier molecular flexibility index (Phi) is 2.58. The number of rotatable bonds is 2. The topological polar surface area (TPSA) is 76.2 Å². The van der Waals surface area contributed by atoms with Crippen molar-refractivity contribution in [3.05, 3.63) is 41.6 Å². The molecule has 0 fully saturated rings. The third-order valence-corrected chi connectivity index (χ3v) is 2.51. The fraction of sp³-hybridized carbons (Fsp3) is 0.167. The zero-order valence-corrected chi connectivity index (χ0v) is 8.84. The van der Waals surface area contributed by atoms with Crippen LogP contribution in [0.5, 0.6) is 0 Å². The van der Waals surface area contributed by atoms with E-state index in [0.717, 1.165) is 0 Å². The molecule has 1 aromatic carbocycles. The summed E-state index contributed by atoms with van der Waals surface area (Å²) < 4.78 is 0. The molecule has 0 aliphatic heterocycles. The quantitative estimate of drug-likeness (QED) is 0.804. The Morgan fingerprint density at radius 2 is 2.12 bits per heavy atom. The van der Waals surface area contributed by atoms with Gasteiger partial charge in [-0.2, -0.15) is 0 Å². The van der Waals surface area contributed by atoms with Gasteiger partial charge in [0.15, 0.2) is 0 Å². The molecular formula is C12H12N2O2. The number of fused-ring (bicyclic) bond motifs is 1. The van der Waals surface area contributed by atoms with Gasteiger partial charge in [-0.05, 0) is 13.0 Å². The second kappa shape index (κ2) is 3.90. The Morgan fingerprint density at radius 1 is 1.44 bits per heavy atom. The number of pyridine rings is 1. The molecule has 0 saturated heterocycles. The van der Waals surface area contributed by atoms with Crippen LogP contribution in [0.1, 0.15) is 28.9 Å². The molecule has 0 unspecified atom stereocenters. The molecule has 1 aromatic heterocycles. The van der Waals surface area contributed by atoms with Crippen molar-refractivity contribution in [2.45, 2.75) is 13.0 Å². The molecule has 0 radical (unpaired) electrons. The van der Waals surface area contributed by atoms with Crippen molar-refractivity contribution in [1.82, 2.24) is 4.98 Å². The first-order valence-corrected chi connectivity index (χ1v) is 4.97. The number of para-hydroxylation sites is 1. The number of hydrogen-bond acceptors (Lipinski definition) is 3. The number of aromatic carboxylic acids is 1. The van der Waals surface area contributed by atoms with Crippen LogP contribution >= 0.6 is 0 Å². The van der Waals surface area contributed by atoms with Crippen molar-refractivity contribution in [3.63, 3.8) is 0 Å². The first-order valence-electron chi connectivity index (χ1n) is 4.97. The van der Waals surface area contributed by atoms with Crippen molar-refractivity contribution in [2.24, 2.45) is 5.73 Å². The summed E-state index contributed by atoms with van der Waals surface area (Å²) in [4.78, 5) is 15.5. The van der Waals surface area contributed by atoms with Crippen molar-refractivity contribution in [2.75, 3.05) is 0 Å². The van der Waals surface area contributed by atoms with Crippen LogP contribution in [0.2, 0.25) is 0 Å². The summed E-state index contributed by atoms with van der Waals surface area (Å²) in [5.41, 5.74) is 7.22. The van der Waals surface area contributed by atoms with Crippen LogP contribution in [0.25, 0.3) is 10.9 Å². The van der Waals surface area contributed by atoms with Crippen LogP contribution in [-0.4, -0.2) is 16.1 Å². The van der Waals surface area contributed by atoms with E-state index < -0.39 is 5.97 Å². The summed E-state index contributed by atoms with van der Waals surface area (Å²) in [6.07, 6.45) is 1.54. The summed E-state index contributed by atoms with van der Waals surface area (Å²) in [5.74, 6) is -0.967. The molecule has 2 aromatic rings. The van der Waals surface area contributed by atoms with Crippen LogP contribution in [0.15, 0.2) is 30.5 Å². The van der Waals surface area contributed by atoms with Gasteiger partial charge in [0.25, 0.3) is 0 Å². The second-order valence-electron chi connectivity index (χ2n) is 3.70. The van der Waals surface area contributed by atoms with Crippen molar-refractivity contribution >= 4 is 16.9 Å². The van der Waals surface area contributed by atoms with E-state index in [4.69, 9.17) is 5.73 Å². The standard InChI is InChI=1S/C12H12N2O2/c1-7(13)9-6-14-10-5-3-2-4-8(10)11(9)12(15)16/h2-7H,13H2,1H3,(H,15,16)/t7-/m1/s1. The normalized spacial score (nSPS) is 12.6. The SMILES string of the molecule is C[C@@H](N)c1cnc2ccccc2c1C(=O)O. The Morgan fingerprint density at radius 3 is 2.75 bits per heavy atom. The molecule has 2 rings (SSSR count). The third-order valence-electron chi connectivity index (χ3n) is 2.51. The summed E-state index contributed by atoms with van der Waals surface area (Å²) >= 11 is 0. The Hall–Kier alpha value is -1.94. The predicted octanol–water partition coefficient (Wildman–Crippen LogP) is 1.95. The molecule has 1 atom stereocenters. The van der Waals surface area contributed by atoms with Gasteiger partial charge in [0, 0.05) is 23.2 Å². The first-order chi connectivity index (χ1) is 7.61. The maximum Gasteiger partial charge on any atom is 0.336 e. The van der Waals surface area contributed by atoms with Gasteiger partial charge in [-0.15, -0.1) is 0 Å². The largest absolute Gasteiger partial charge is 0.478 e. The molecule has 0 bridgehead atoms. The first kappa shape index (κ1) is 10.6. The Bertz CT molecular complexity index is 550. The van der Waals surface area contributed by atoms with Gasteiger partial charge < -0.3 is 10.8 Å². The highest BCUT2D eigenvalue weighted by Crippen LogP contribution is 2.23. The number of carboxylic acids is 1. The molecule has 0 aliphatic carbocycles. The maximum absolute atomic E-state index is 11.3. The maximum atomic E-state index is 11.3. The lowest BCUT2D eigenvalue weighted by Crippen LogP contribution is -2.13. The van der Waals surface area contributed by atoms with E-state index >= 15 is 0 Å². The van der Waals surface area contributed by atoms with Crippen molar-refractivity contribution in [1.29, 1.82) is 0 Å². The fourth-order valence-electron chi connectivity index (χ4n) is 1.74. The molecule has 4 nitrogen and oxygen atoms in total. The molecule has 4 heteroatoms. The van der Waals surface area contributed by atoms with Crippen LogP contribution in [-0.2, 0) is 0 Å². The summed E-state index contributed by atoms with van der Waals surface area (Å²) in [6.45, 7) is 1.75. The van der Waals surface area contributed by atoms with Gasteiger partial charge in [-0.1, -0.05) is 18.2 Å². The van der Waals surface area contributed by atoms with Crippen molar-refractivity contribution < 1.29 is 9.90 Å². The number of carbonyl (C=O) groups is 1. The fourth-order valence-corrected chi connectivity index (χ4v) is 1.74. The molecule has 82 valence electrons. The van der Waals surface area contributed by atoms with E-state index in [1.807, 2.05) is 6.07 Å². The van der Waals surface area contributed by atoms with Gasteiger partial charge in [0.1, 0.15) is 0 Å². The average Bonchev–Trinajstić information content (AvgIpc) is 2.27. The van der Waals surface area contributed by atoms with E-state index in [1.165, 1.54) is 6.20 Å². The number of aromatic nitrogens is 1. The molecule has 1 heterocycles. The van der Waals surface area contributed by atoms with Crippen LogP contribution in [0.4, 0.5) is 0 Å². The second-order valence-corrected chi connectivity index (χ2v) is 3.70. The summed E-state index contributed by atoms with van der Waals surface area (Å²) in [6, 6.07) is 6.81. The van der Waals surface area contributed by atoms with E-state index in [9.17, 15) is 9.90 Å². The lowest BCUT2D eigenvalue weighted by atomic mass is 10.00. The van der Waals surface area contributed by atoms with E-state index in [1.54, 1.807) is 25.1 Å². The van der Waals surface area contributed by atoms with Gasteiger partial charge >= 0.3 is 5.97 Å². The number of nitrogens with zero attached hydrogens (tertiary/aromatic N) is 1. The monoisotopic (exact) mass is 216 g/mol. The third kappa shape index (κ3) is 1.63. The number of carboxylic acid groups (broad SMARTS) is 1. The van der Waals surface area contributed by atoms with Crippen LogP contribution < -0.4 is 5.73 Å². The molecule has 0 amide bonds. The van der Waals surface area contributed by atoms with Gasteiger partial charge in [-0.25, -0.2) is 4.79 Å². The number of nitrogens with two attached hydrogens (primary N) is 1. The molecule has 16 heavy (non-hydrogen) atoms. The van der Waals surface area contributed by atoms with Crippen molar-refractivity contribution in [3.8, 4) is 0 Å².